The Bertz CT molecular complexity index is 675. The zero-order chi connectivity index (χ0) is 15.6. The third-order valence-electron chi connectivity index (χ3n) is 3.44. The van der Waals surface area contributed by atoms with Gasteiger partial charge in [0.15, 0.2) is 5.54 Å². The summed E-state index contributed by atoms with van der Waals surface area (Å²) in [5.74, 6) is -1.41. The molecule has 8 heteroatoms. The molecule has 2 aromatic heterocycles. The highest BCUT2D eigenvalue weighted by atomic mass is 32.1. The molecule has 0 radical (unpaired) electrons. The quantitative estimate of drug-likeness (QED) is 0.867. The Morgan fingerprint density at radius 1 is 1.45 bits per heavy atom. The maximum absolute atomic E-state index is 12.1. The third kappa shape index (κ3) is 3.03. The van der Waals surface area contributed by atoms with E-state index in [4.69, 9.17) is 4.74 Å². The zero-order valence-corrected chi connectivity index (χ0v) is 13.2. The number of carbonyl (C=O) groups is 2. The molecule has 3 rings (SSSR count). The van der Waals surface area contributed by atoms with Crippen molar-refractivity contribution in [3.63, 3.8) is 0 Å². The second kappa shape index (κ2) is 6.15. The predicted octanol–water partition coefficient (Wildman–Crippen LogP) is 1.77. The fraction of sp³-hybridized carbons (Fsp3) is 0.357. The van der Waals surface area contributed by atoms with Gasteiger partial charge in [-0.25, -0.2) is 9.78 Å². The molecule has 1 amide bonds. The lowest BCUT2D eigenvalue weighted by Crippen LogP contribution is -2.55. The van der Waals surface area contributed by atoms with Gasteiger partial charge in [0.1, 0.15) is 5.01 Å². The number of thiazole rings is 1. The lowest BCUT2D eigenvalue weighted by atomic mass is 9.99. The van der Waals surface area contributed by atoms with Crippen molar-refractivity contribution in [2.45, 2.75) is 18.4 Å². The van der Waals surface area contributed by atoms with Crippen LogP contribution >= 0.6 is 22.7 Å². The highest BCUT2D eigenvalue weighted by molar-refractivity contribution is 7.20. The number of carboxylic acid groups (broad SMARTS) is 1. The standard InChI is InChI=1S/C14H14N2O4S2/c17-11(16-14(13(18)19)3-4-20-8-14)6-9-7-22-12(15-9)10-2-1-5-21-10/h1-2,5,7H,3-4,6,8H2,(H,16,17)(H,18,19). The molecule has 2 N–H and O–H groups in total. The number of nitrogens with one attached hydrogen (secondary N) is 1. The molecule has 1 atom stereocenters. The number of aromatic nitrogens is 1. The van der Waals surface area contributed by atoms with Crippen LogP contribution in [0.2, 0.25) is 0 Å². The predicted molar refractivity (Wildman–Crippen MR) is 83.1 cm³/mol. The lowest BCUT2D eigenvalue weighted by Gasteiger charge is -2.23. The number of rotatable bonds is 5. The van der Waals surface area contributed by atoms with Gasteiger partial charge in [0.2, 0.25) is 5.91 Å². The summed E-state index contributed by atoms with van der Waals surface area (Å²) in [5, 5.41) is 16.6. The molecule has 1 unspecified atom stereocenters. The normalized spacial score (nSPS) is 20.9. The van der Waals surface area contributed by atoms with Gasteiger partial charge in [0.05, 0.1) is 23.6 Å². The van der Waals surface area contributed by atoms with Crippen molar-refractivity contribution < 1.29 is 19.4 Å². The number of carboxylic acids is 1. The highest BCUT2D eigenvalue weighted by Crippen LogP contribution is 2.28. The first-order chi connectivity index (χ1) is 10.6. The summed E-state index contributed by atoms with van der Waals surface area (Å²) in [6.45, 7) is 0.345. The van der Waals surface area contributed by atoms with Gasteiger partial charge in [-0.05, 0) is 11.4 Å². The van der Waals surface area contributed by atoms with Crippen molar-refractivity contribution in [1.82, 2.24) is 10.3 Å². The van der Waals surface area contributed by atoms with E-state index in [0.717, 1.165) is 9.88 Å². The van der Waals surface area contributed by atoms with E-state index in [1.807, 2.05) is 22.9 Å². The molecule has 0 bridgehead atoms. The molecule has 116 valence electrons. The minimum Gasteiger partial charge on any atom is -0.479 e. The van der Waals surface area contributed by atoms with Crippen molar-refractivity contribution in [3.8, 4) is 9.88 Å². The number of aliphatic carboxylic acids is 1. The Morgan fingerprint density at radius 2 is 2.32 bits per heavy atom. The van der Waals surface area contributed by atoms with E-state index < -0.39 is 11.5 Å². The van der Waals surface area contributed by atoms with Crippen LogP contribution in [0.5, 0.6) is 0 Å². The van der Waals surface area contributed by atoms with Crippen LogP contribution in [-0.2, 0) is 20.7 Å². The molecule has 1 saturated heterocycles. The van der Waals surface area contributed by atoms with Gasteiger partial charge in [-0.1, -0.05) is 6.07 Å². The largest absolute Gasteiger partial charge is 0.479 e. The summed E-state index contributed by atoms with van der Waals surface area (Å²) in [4.78, 5) is 29.0. The van der Waals surface area contributed by atoms with Crippen LogP contribution in [-0.4, -0.2) is 40.7 Å². The average molecular weight is 338 g/mol. The molecule has 0 saturated carbocycles. The van der Waals surface area contributed by atoms with E-state index in [1.165, 1.54) is 11.3 Å². The lowest BCUT2D eigenvalue weighted by molar-refractivity contribution is -0.147. The maximum Gasteiger partial charge on any atom is 0.331 e. The molecule has 6 nitrogen and oxygen atoms in total. The molecule has 0 spiro atoms. The first-order valence-electron chi connectivity index (χ1n) is 6.69. The van der Waals surface area contributed by atoms with Crippen LogP contribution in [0.4, 0.5) is 0 Å². The minimum atomic E-state index is -1.30. The second-order valence-electron chi connectivity index (χ2n) is 5.04. The number of nitrogens with zero attached hydrogens (tertiary/aromatic N) is 1. The van der Waals surface area contributed by atoms with E-state index in [9.17, 15) is 14.7 Å². The first kappa shape index (κ1) is 15.1. The SMILES string of the molecule is O=C(Cc1csc(-c2cccs2)n1)NC1(C(=O)O)CCOC1. The summed E-state index contributed by atoms with van der Waals surface area (Å²) < 4.78 is 5.12. The summed E-state index contributed by atoms with van der Waals surface area (Å²) in [7, 11) is 0. The van der Waals surface area contributed by atoms with E-state index in [-0.39, 0.29) is 25.4 Å². The number of amides is 1. The van der Waals surface area contributed by atoms with Crippen molar-refractivity contribution >= 4 is 34.6 Å². The fourth-order valence-electron chi connectivity index (χ4n) is 2.26. The number of hydrogen-bond donors (Lipinski definition) is 2. The van der Waals surface area contributed by atoms with Gasteiger partial charge in [-0.2, -0.15) is 0 Å². The van der Waals surface area contributed by atoms with E-state index >= 15 is 0 Å². The highest BCUT2D eigenvalue weighted by Gasteiger charge is 2.43. The average Bonchev–Trinajstić information content (AvgIpc) is 3.19. The van der Waals surface area contributed by atoms with Crippen LogP contribution in [0.3, 0.4) is 0 Å². The molecule has 1 fully saturated rings. The van der Waals surface area contributed by atoms with Crippen molar-refractivity contribution in [3.05, 3.63) is 28.6 Å². The summed E-state index contributed by atoms with van der Waals surface area (Å²) in [6, 6.07) is 3.92. The molecule has 3 heterocycles. The van der Waals surface area contributed by atoms with Crippen molar-refractivity contribution in [2.24, 2.45) is 0 Å². The Labute approximate surface area is 134 Å². The molecule has 2 aromatic rings. The maximum atomic E-state index is 12.1. The molecule has 1 aliphatic rings. The van der Waals surface area contributed by atoms with Crippen LogP contribution in [0.15, 0.2) is 22.9 Å². The zero-order valence-electron chi connectivity index (χ0n) is 11.6. The van der Waals surface area contributed by atoms with Crippen LogP contribution in [0.1, 0.15) is 12.1 Å². The Kier molecular flexibility index (Phi) is 4.23. The van der Waals surface area contributed by atoms with Crippen LogP contribution in [0, 0.1) is 0 Å². The van der Waals surface area contributed by atoms with Gasteiger partial charge < -0.3 is 15.2 Å². The van der Waals surface area contributed by atoms with Gasteiger partial charge in [-0.3, -0.25) is 4.79 Å². The summed E-state index contributed by atoms with van der Waals surface area (Å²) in [5.41, 5.74) is -0.658. The molecule has 22 heavy (non-hydrogen) atoms. The number of hydrogen-bond acceptors (Lipinski definition) is 6. The van der Waals surface area contributed by atoms with Crippen molar-refractivity contribution in [1.29, 1.82) is 0 Å². The second-order valence-corrected chi connectivity index (χ2v) is 6.84. The van der Waals surface area contributed by atoms with Gasteiger partial charge >= 0.3 is 5.97 Å². The van der Waals surface area contributed by atoms with Crippen LogP contribution in [0.25, 0.3) is 9.88 Å². The summed E-state index contributed by atoms with van der Waals surface area (Å²) >= 11 is 3.07. The molecule has 1 aliphatic heterocycles. The van der Waals surface area contributed by atoms with E-state index in [0.29, 0.717) is 12.3 Å². The number of carbonyl (C=O) groups excluding carboxylic acids is 1. The smallest absolute Gasteiger partial charge is 0.331 e. The summed E-state index contributed by atoms with van der Waals surface area (Å²) in [6.07, 6.45) is 0.350. The first-order valence-corrected chi connectivity index (χ1v) is 8.45. The van der Waals surface area contributed by atoms with E-state index in [1.54, 1.807) is 11.3 Å². The Hall–Kier alpha value is -1.77. The molecular weight excluding hydrogens is 324 g/mol. The molecule has 0 aliphatic carbocycles. The van der Waals surface area contributed by atoms with E-state index in [2.05, 4.69) is 10.3 Å². The third-order valence-corrected chi connectivity index (χ3v) is 5.37. The Balaban J connectivity index is 1.66. The fourth-order valence-corrected chi connectivity index (χ4v) is 3.90. The van der Waals surface area contributed by atoms with Crippen LogP contribution < -0.4 is 5.32 Å². The monoisotopic (exact) mass is 338 g/mol. The molecular formula is C14H14N2O4S2. The Morgan fingerprint density at radius 3 is 2.95 bits per heavy atom. The molecule has 0 aromatic carbocycles. The number of ether oxygens (including phenoxy) is 1. The van der Waals surface area contributed by atoms with Gasteiger partial charge in [-0.15, -0.1) is 22.7 Å². The topological polar surface area (TPSA) is 88.5 Å². The van der Waals surface area contributed by atoms with Gasteiger partial charge in [0.25, 0.3) is 0 Å². The van der Waals surface area contributed by atoms with Crippen molar-refractivity contribution in [2.75, 3.05) is 13.2 Å². The minimum absolute atomic E-state index is 0.00554. The number of thiophene rings is 1. The van der Waals surface area contributed by atoms with Gasteiger partial charge in [0, 0.05) is 18.4 Å².